The fourth-order valence-corrected chi connectivity index (χ4v) is 1.07. The van der Waals surface area contributed by atoms with Crippen molar-refractivity contribution >= 4 is 27.5 Å². The fraction of sp³-hybridized carbons (Fsp3) is 0.600. The van der Waals surface area contributed by atoms with Gasteiger partial charge >= 0.3 is 0 Å². The Morgan fingerprint density at radius 3 is 2.80 bits per heavy atom. The summed E-state index contributed by atoms with van der Waals surface area (Å²) in [5, 5.41) is 8.10. The third kappa shape index (κ3) is 1.49. The molecule has 56 valence electrons. The topological polar surface area (TPSA) is 30.7 Å². The van der Waals surface area contributed by atoms with Gasteiger partial charge in [-0.05, 0) is 22.4 Å². The van der Waals surface area contributed by atoms with Crippen LogP contribution in [-0.2, 0) is 6.54 Å². The summed E-state index contributed by atoms with van der Waals surface area (Å²) < 4.78 is 2.27. The first-order valence-corrected chi connectivity index (χ1v) is 4.17. The van der Waals surface area contributed by atoms with Gasteiger partial charge in [-0.3, -0.25) is 0 Å². The van der Waals surface area contributed by atoms with Crippen molar-refractivity contribution in [1.29, 1.82) is 0 Å². The highest BCUT2D eigenvalue weighted by atomic mass is 79.9. The lowest BCUT2D eigenvalue weighted by molar-refractivity contribution is 0.579. The third-order valence-electron chi connectivity index (χ3n) is 1.07. The summed E-state index contributed by atoms with van der Waals surface area (Å²) in [6.45, 7) is 2.88. The Kier molecular flexibility index (Phi) is 2.68. The van der Waals surface area contributed by atoms with Crippen molar-refractivity contribution in [3.05, 3.63) is 9.76 Å². The summed E-state index contributed by atoms with van der Waals surface area (Å²) in [6.07, 6.45) is 1.01. The number of nitrogens with zero attached hydrogens (tertiary/aromatic N) is 3. The van der Waals surface area contributed by atoms with E-state index in [1.165, 1.54) is 0 Å². The number of rotatable bonds is 2. The van der Waals surface area contributed by atoms with E-state index >= 15 is 0 Å². The van der Waals surface area contributed by atoms with Crippen molar-refractivity contribution in [1.82, 2.24) is 15.0 Å². The van der Waals surface area contributed by atoms with Crippen molar-refractivity contribution in [2.75, 3.05) is 0 Å². The highest BCUT2D eigenvalue weighted by Gasteiger charge is 2.04. The summed E-state index contributed by atoms with van der Waals surface area (Å²) in [6, 6.07) is 0. The van der Waals surface area contributed by atoms with Crippen LogP contribution in [0.4, 0.5) is 0 Å². The van der Waals surface area contributed by atoms with Crippen LogP contribution in [0.25, 0.3) is 0 Å². The van der Waals surface area contributed by atoms with E-state index < -0.39 is 0 Å². The van der Waals surface area contributed by atoms with Crippen LogP contribution >= 0.6 is 27.5 Å². The van der Waals surface area contributed by atoms with Crippen LogP contribution < -0.4 is 0 Å². The van der Waals surface area contributed by atoms with E-state index in [4.69, 9.17) is 11.6 Å². The molecular formula is C5H7BrClN3. The molecule has 1 heterocycles. The molecule has 10 heavy (non-hydrogen) atoms. The molecule has 0 N–H and O–H groups in total. The lowest BCUT2D eigenvalue weighted by atomic mass is 10.5. The van der Waals surface area contributed by atoms with E-state index in [0.29, 0.717) is 9.76 Å². The molecule has 3 nitrogen and oxygen atoms in total. The average Bonchev–Trinajstić information content (AvgIpc) is 2.20. The Hall–Kier alpha value is -0.0900. The van der Waals surface area contributed by atoms with Gasteiger partial charge in [0.1, 0.15) is 0 Å². The second-order valence-corrected chi connectivity index (χ2v) is 3.00. The minimum Gasteiger partial charge on any atom is -0.233 e. The van der Waals surface area contributed by atoms with Gasteiger partial charge in [0.05, 0.1) is 0 Å². The minimum absolute atomic E-state index is 0.571. The van der Waals surface area contributed by atoms with Gasteiger partial charge in [-0.1, -0.05) is 23.7 Å². The molecule has 0 aliphatic heterocycles. The van der Waals surface area contributed by atoms with E-state index in [-0.39, 0.29) is 0 Å². The van der Waals surface area contributed by atoms with E-state index in [0.717, 1.165) is 13.0 Å². The highest BCUT2D eigenvalue weighted by Crippen LogP contribution is 2.18. The molecule has 0 bridgehead atoms. The molecule has 0 fully saturated rings. The van der Waals surface area contributed by atoms with Gasteiger partial charge in [-0.15, -0.1) is 5.10 Å². The highest BCUT2D eigenvalue weighted by molar-refractivity contribution is 9.10. The van der Waals surface area contributed by atoms with Crippen LogP contribution in [0.5, 0.6) is 0 Å². The second-order valence-electron chi connectivity index (χ2n) is 1.89. The summed E-state index contributed by atoms with van der Waals surface area (Å²) in [4.78, 5) is 0. The molecule has 0 amide bonds. The predicted octanol–water partition coefficient (Wildman–Crippen LogP) is 2.10. The van der Waals surface area contributed by atoms with Crippen molar-refractivity contribution in [3.8, 4) is 0 Å². The van der Waals surface area contributed by atoms with Crippen LogP contribution in [0, 0.1) is 0 Å². The first kappa shape index (κ1) is 8.01. The van der Waals surface area contributed by atoms with Gasteiger partial charge in [-0.25, -0.2) is 4.68 Å². The van der Waals surface area contributed by atoms with Crippen LogP contribution in [0.1, 0.15) is 13.3 Å². The number of hydrogen-bond acceptors (Lipinski definition) is 2. The summed E-state index contributed by atoms with van der Waals surface area (Å²) >= 11 is 8.94. The fourth-order valence-electron chi connectivity index (χ4n) is 0.635. The van der Waals surface area contributed by atoms with Crippen molar-refractivity contribution < 1.29 is 0 Å². The van der Waals surface area contributed by atoms with Gasteiger partial charge in [0.2, 0.25) is 0 Å². The maximum absolute atomic E-state index is 5.78. The van der Waals surface area contributed by atoms with Crippen molar-refractivity contribution in [3.63, 3.8) is 0 Å². The standard InChI is InChI=1S/C5H7BrClN3/c1-2-3-10-5(7)4(6)8-9-10/h2-3H2,1H3. The second kappa shape index (κ2) is 3.34. The lowest BCUT2D eigenvalue weighted by Crippen LogP contribution is -1.98. The SMILES string of the molecule is CCCn1nnc(Br)c1Cl. The van der Waals surface area contributed by atoms with Crippen LogP contribution in [0.2, 0.25) is 5.15 Å². The third-order valence-corrected chi connectivity index (χ3v) is 2.21. The number of hydrogen-bond donors (Lipinski definition) is 0. The van der Waals surface area contributed by atoms with Crippen LogP contribution in [0.3, 0.4) is 0 Å². The molecule has 0 saturated heterocycles. The molecule has 1 aromatic rings. The molecular weight excluding hydrogens is 217 g/mol. The number of halogens is 2. The Bertz CT molecular complexity index is 223. The van der Waals surface area contributed by atoms with Gasteiger partial charge in [-0.2, -0.15) is 0 Å². The van der Waals surface area contributed by atoms with E-state index in [9.17, 15) is 0 Å². The van der Waals surface area contributed by atoms with Crippen molar-refractivity contribution in [2.24, 2.45) is 0 Å². The molecule has 0 aromatic carbocycles. The largest absolute Gasteiger partial charge is 0.233 e. The first-order chi connectivity index (χ1) is 4.75. The molecule has 5 heteroatoms. The first-order valence-electron chi connectivity index (χ1n) is 3.00. The zero-order chi connectivity index (χ0) is 7.56. The molecule has 0 radical (unpaired) electrons. The Balaban J connectivity index is 2.83. The maximum Gasteiger partial charge on any atom is 0.167 e. The molecule has 0 saturated carbocycles. The molecule has 0 aliphatic carbocycles. The number of aromatic nitrogens is 3. The molecule has 0 aliphatic rings. The van der Waals surface area contributed by atoms with E-state index in [1.807, 2.05) is 0 Å². The van der Waals surface area contributed by atoms with Gasteiger partial charge in [0, 0.05) is 6.54 Å². The van der Waals surface area contributed by atoms with Crippen LogP contribution in [-0.4, -0.2) is 15.0 Å². The van der Waals surface area contributed by atoms with E-state index in [1.54, 1.807) is 4.68 Å². The lowest BCUT2D eigenvalue weighted by Gasteiger charge is -1.95. The van der Waals surface area contributed by atoms with Crippen LogP contribution in [0.15, 0.2) is 4.60 Å². The Morgan fingerprint density at radius 2 is 2.40 bits per heavy atom. The molecule has 1 aromatic heterocycles. The summed E-state index contributed by atoms with van der Waals surface area (Å²) in [5.41, 5.74) is 0. The average molecular weight is 224 g/mol. The molecule has 0 atom stereocenters. The normalized spacial score (nSPS) is 10.3. The molecule has 1 rings (SSSR count). The maximum atomic E-state index is 5.78. The van der Waals surface area contributed by atoms with Gasteiger partial charge < -0.3 is 0 Å². The summed E-state index contributed by atoms with van der Waals surface area (Å²) in [7, 11) is 0. The summed E-state index contributed by atoms with van der Waals surface area (Å²) in [5.74, 6) is 0. The number of aryl methyl sites for hydroxylation is 1. The van der Waals surface area contributed by atoms with E-state index in [2.05, 4.69) is 33.2 Å². The Labute approximate surface area is 72.5 Å². The minimum atomic E-state index is 0.571. The monoisotopic (exact) mass is 223 g/mol. The Morgan fingerprint density at radius 1 is 1.70 bits per heavy atom. The molecule has 0 unspecified atom stereocenters. The molecule has 0 spiro atoms. The van der Waals surface area contributed by atoms with Gasteiger partial charge in [0.25, 0.3) is 0 Å². The zero-order valence-electron chi connectivity index (χ0n) is 5.51. The zero-order valence-corrected chi connectivity index (χ0v) is 7.85. The van der Waals surface area contributed by atoms with Gasteiger partial charge in [0.15, 0.2) is 9.76 Å². The smallest absolute Gasteiger partial charge is 0.167 e. The predicted molar refractivity (Wildman–Crippen MR) is 43.0 cm³/mol. The van der Waals surface area contributed by atoms with Crippen molar-refractivity contribution in [2.45, 2.75) is 19.9 Å². The quantitative estimate of drug-likeness (QED) is 0.770.